The minimum atomic E-state index is -0.514. The Morgan fingerprint density at radius 1 is 1.10 bits per heavy atom. The molecule has 152 valence electrons. The maximum Gasteiger partial charge on any atom is 0.289 e. The third-order valence-electron chi connectivity index (χ3n) is 4.73. The van der Waals surface area contributed by atoms with Gasteiger partial charge in [-0.3, -0.25) is 14.6 Å². The van der Waals surface area contributed by atoms with E-state index in [1.807, 2.05) is 18.2 Å². The first-order valence-corrected chi connectivity index (χ1v) is 10.0. The van der Waals surface area contributed by atoms with Gasteiger partial charge in [0.1, 0.15) is 0 Å². The van der Waals surface area contributed by atoms with Gasteiger partial charge in [-0.25, -0.2) is 0 Å². The van der Waals surface area contributed by atoms with Crippen molar-refractivity contribution in [2.45, 2.75) is 19.3 Å². The summed E-state index contributed by atoms with van der Waals surface area (Å²) in [7, 11) is 0. The van der Waals surface area contributed by atoms with E-state index in [1.165, 1.54) is 4.90 Å². The number of halogens is 2. The van der Waals surface area contributed by atoms with Crippen molar-refractivity contribution in [3.05, 3.63) is 75.2 Å². The van der Waals surface area contributed by atoms with Gasteiger partial charge in [-0.15, -0.1) is 0 Å². The Hall–Kier alpha value is -2.57. The molecule has 2 aromatic rings. The predicted molar refractivity (Wildman–Crippen MR) is 112 cm³/mol. The zero-order valence-corrected chi connectivity index (χ0v) is 17.2. The van der Waals surface area contributed by atoms with Crippen LogP contribution in [0.3, 0.4) is 0 Å². The van der Waals surface area contributed by atoms with Crippen LogP contribution >= 0.6 is 23.2 Å². The molecule has 1 aliphatic rings. The van der Waals surface area contributed by atoms with Crippen LogP contribution in [-0.2, 0) is 22.4 Å². The van der Waals surface area contributed by atoms with Gasteiger partial charge in [0.2, 0.25) is 0 Å². The van der Waals surface area contributed by atoms with Crippen LogP contribution in [0.5, 0.6) is 0 Å². The highest BCUT2D eigenvalue weighted by atomic mass is 35.5. The fourth-order valence-corrected chi connectivity index (χ4v) is 3.41. The first kappa shape index (κ1) is 21.1. The van der Waals surface area contributed by atoms with Crippen LogP contribution in [0.1, 0.15) is 17.5 Å². The number of aryl methyl sites for hydroxylation is 1. The van der Waals surface area contributed by atoms with Crippen molar-refractivity contribution in [1.29, 1.82) is 0 Å². The summed E-state index contributed by atoms with van der Waals surface area (Å²) in [5, 5.41) is 13.8. The topological polar surface area (TPSA) is 82.5 Å². The molecule has 2 N–H and O–H groups in total. The second-order valence-corrected chi connectivity index (χ2v) is 7.58. The molecule has 2 heterocycles. The van der Waals surface area contributed by atoms with Crippen molar-refractivity contribution in [3.8, 4) is 0 Å². The van der Waals surface area contributed by atoms with Crippen molar-refractivity contribution in [1.82, 2.24) is 15.2 Å². The smallest absolute Gasteiger partial charge is 0.289 e. The molecule has 1 aromatic heterocycles. The molecule has 6 nitrogen and oxygen atoms in total. The Morgan fingerprint density at radius 2 is 1.86 bits per heavy atom. The minimum Gasteiger partial charge on any atom is -0.503 e. The Kier molecular flexibility index (Phi) is 7.12. The summed E-state index contributed by atoms with van der Waals surface area (Å²) in [4.78, 5) is 30.0. The van der Waals surface area contributed by atoms with E-state index in [0.717, 1.165) is 17.5 Å². The summed E-state index contributed by atoms with van der Waals surface area (Å²) >= 11 is 11.9. The molecule has 3 rings (SSSR count). The van der Waals surface area contributed by atoms with Gasteiger partial charge in [0.15, 0.2) is 5.76 Å². The molecule has 2 amide bonds. The average Bonchev–Trinajstić information content (AvgIpc) is 3.01. The molecule has 0 aliphatic carbocycles. The first-order chi connectivity index (χ1) is 14.0. The molecule has 0 unspecified atom stereocenters. The van der Waals surface area contributed by atoms with E-state index in [9.17, 15) is 14.7 Å². The Morgan fingerprint density at radius 3 is 2.59 bits per heavy atom. The maximum absolute atomic E-state index is 12.4. The third-order valence-corrected chi connectivity index (χ3v) is 5.47. The van der Waals surface area contributed by atoms with E-state index in [-0.39, 0.29) is 12.1 Å². The summed E-state index contributed by atoms with van der Waals surface area (Å²) in [6.07, 6.45) is 5.41. The number of benzene rings is 1. The van der Waals surface area contributed by atoms with Crippen LogP contribution in [0.15, 0.2) is 54.1 Å². The van der Waals surface area contributed by atoms with E-state index >= 15 is 0 Å². The Labute approximate surface area is 179 Å². The molecule has 0 fully saturated rings. The number of amides is 2. The number of carbonyl (C=O) groups excluding carboxylic acids is 2. The third kappa shape index (κ3) is 5.49. The molecule has 29 heavy (non-hydrogen) atoms. The zero-order valence-electron chi connectivity index (χ0n) is 15.7. The lowest BCUT2D eigenvalue weighted by molar-refractivity contribution is -0.127. The monoisotopic (exact) mass is 433 g/mol. The number of hydrogen-bond acceptors (Lipinski definition) is 4. The van der Waals surface area contributed by atoms with Gasteiger partial charge in [-0.1, -0.05) is 29.3 Å². The summed E-state index contributed by atoms with van der Waals surface area (Å²) < 4.78 is 0. The van der Waals surface area contributed by atoms with Gasteiger partial charge in [0.25, 0.3) is 11.8 Å². The lowest BCUT2D eigenvalue weighted by Crippen LogP contribution is -2.32. The van der Waals surface area contributed by atoms with Gasteiger partial charge in [-0.2, -0.15) is 0 Å². The van der Waals surface area contributed by atoms with E-state index in [0.29, 0.717) is 36.0 Å². The number of aromatic nitrogens is 1. The molecule has 0 atom stereocenters. The highest BCUT2D eigenvalue weighted by Crippen LogP contribution is 2.23. The fraction of sp³-hybridized carbons (Fsp3) is 0.286. The van der Waals surface area contributed by atoms with Gasteiger partial charge < -0.3 is 15.3 Å². The van der Waals surface area contributed by atoms with Crippen LogP contribution < -0.4 is 5.32 Å². The van der Waals surface area contributed by atoms with Gasteiger partial charge in [0.05, 0.1) is 22.2 Å². The Balaban J connectivity index is 1.46. The average molecular weight is 434 g/mol. The van der Waals surface area contributed by atoms with E-state index in [2.05, 4.69) is 10.3 Å². The second-order valence-electron chi connectivity index (χ2n) is 6.77. The molecule has 8 heteroatoms. The highest BCUT2D eigenvalue weighted by Gasteiger charge is 2.33. The highest BCUT2D eigenvalue weighted by molar-refractivity contribution is 6.42. The second kappa shape index (κ2) is 9.76. The number of aliphatic hydroxyl groups is 1. The van der Waals surface area contributed by atoms with Crippen LogP contribution in [0.25, 0.3) is 0 Å². The summed E-state index contributed by atoms with van der Waals surface area (Å²) in [5.74, 6) is -1.40. The predicted octanol–water partition coefficient (Wildman–Crippen LogP) is 3.33. The molecule has 0 saturated heterocycles. The maximum atomic E-state index is 12.4. The molecule has 0 bridgehead atoms. The summed E-state index contributed by atoms with van der Waals surface area (Å²) in [5.41, 5.74) is 2.17. The Bertz CT molecular complexity index is 932. The quantitative estimate of drug-likeness (QED) is 0.625. The van der Waals surface area contributed by atoms with Crippen LogP contribution in [0.4, 0.5) is 0 Å². The van der Waals surface area contributed by atoms with Crippen molar-refractivity contribution < 1.29 is 14.7 Å². The summed E-state index contributed by atoms with van der Waals surface area (Å²) in [6.45, 7) is 0.941. The van der Waals surface area contributed by atoms with Crippen LogP contribution in [-0.4, -0.2) is 46.4 Å². The van der Waals surface area contributed by atoms with Crippen LogP contribution in [0, 0.1) is 0 Å². The fourth-order valence-electron chi connectivity index (χ4n) is 3.09. The van der Waals surface area contributed by atoms with Crippen molar-refractivity contribution in [2.75, 3.05) is 19.6 Å². The standard InChI is InChI=1S/C21H21Cl2N3O3/c22-17-4-3-15(12-18(17)23)2-1-8-25-20(28)16-13-26(21(29)19(16)27)11-7-14-5-9-24-10-6-14/h3-6,9-10,12,27H,1-2,7-8,11,13H2,(H,25,28). The number of pyridine rings is 1. The van der Waals surface area contributed by atoms with Gasteiger partial charge in [-0.05, 0) is 54.7 Å². The van der Waals surface area contributed by atoms with Crippen LogP contribution in [0.2, 0.25) is 10.0 Å². The number of rotatable bonds is 8. The normalized spacial score (nSPS) is 13.9. The molecular formula is C21H21Cl2N3O3. The molecule has 0 radical (unpaired) electrons. The summed E-state index contributed by atoms with van der Waals surface area (Å²) in [6, 6.07) is 9.17. The molecule has 1 aliphatic heterocycles. The lowest BCUT2D eigenvalue weighted by Gasteiger charge is -2.16. The van der Waals surface area contributed by atoms with Crippen molar-refractivity contribution >= 4 is 35.0 Å². The SMILES string of the molecule is O=C(NCCCc1ccc(Cl)c(Cl)c1)C1=C(O)C(=O)N(CCc2ccncc2)C1. The molecular weight excluding hydrogens is 413 g/mol. The zero-order chi connectivity index (χ0) is 20.8. The van der Waals surface area contributed by atoms with Gasteiger partial charge in [0, 0.05) is 25.5 Å². The number of nitrogens with zero attached hydrogens (tertiary/aromatic N) is 2. The van der Waals surface area contributed by atoms with Crippen molar-refractivity contribution in [2.24, 2.45) is 0 Å². The van der Waals surface area contributed by atoms with E-state index < -0.39 is 17.6 Å². The van der Waals surface area contributed by atoms with Gasteiger partial charge >= 0.3 is 0 Å². The molecule has 0 saturated carbocycles. The number of carbonyl (C=O) groups is 2. The molecule has 1 aromatic carbocycles. The van der Waals surface area contributed by atoms with E-state index in [1.54, 1.807) is 24.5 Å². The van der Waals surface area contributed by atoms with E-state index in [4.69, 9.17) is 23.2 Å². The molecule has 0 spiro atoms. The van der Waals surface area contributed by atoms with Crippen molar-refractivity contribution in [3.63, 3.8) is 0 Å². The first-order valence-electron chi connectivity index (χ1n) is 9.28. The number of nitrogens with one attached hydrogen (secondary N) is 1. The number of hydrogen-bond donors (Lipinski definition) is 2. The minimum absolute atomic E-state index is 0.106. The largest absolute Gasteiger partial charge is 0.503 e. The number of aliphatic hydroxyl groups excluding tert-OH is 1. The lowest BCUT2D eigenvalue weighted by atomic mass is 10.1.